The maximum absolute atomic E-state index is 11.9. The molecule has 0 aromatic carbocycles. The average molecular weight is 283 g/mol. The SMILES string of the molecule is CC(NC(=O)c1nc(N)ccc1Cl)C(=O)NC1CC1. The number of pyridine rings is 1. The molecule has 19 heavy (non-hydrogen) atoms. The van der Waals surface area contributed by atoms with E-state index in [4.69, 9.17) is 17.3 Å². The fraction of sp³-hybridized carbons (Fsp3) is 0.417. The van der Waals surface area contributed by atoms with Crippen LogP contribution in [0.25, 0.3) is 0 Å². The van der Waals surface area contributed by atoms with Crippen molar-refractivity contribution < 1.29 is 9.59 Å². The van der Waals surface area contributed by atoms with Gasteiger partial charge in [0.15, 0.2) is 0 Å². The van der Waals surface area contributed by atoms with Crippen molar-refractivity contribution in [1.29, 1.82) is 0 Å². The number of carbonyl (C=O) groups excluding carboxylic acids is 2. The highest BCUT2D eigenvalue weighted by Crippen LogP contribution is 2.19. The summed E-state index contributed by atoms with van der Waals surface area (Å²) in [5.74, 6) is -0.531. The van der Waals surface area contributed by atoms with Crippen LogP contribution in [0.2, 0.25) is 5.02 Å². The maximum Gasteiger partial charge on any atom is 0.272 e. The van der Waals surface area contributed by atoms with E-state index in [2.05, 4.69) is 15.6 Å². The van der Waals surface area contributed by atoms with Crippen LogP contribution in [0, 0.1) is 0 Å². The number of rotatable bonds is 4. The smallest absolute Gasteiger partial charge is 0.272 e. The molecule has 1 atom stereocenters. The van der Waals surface area contributed by atoms with Crippen molar-refractivity contribution in [3.05, 3.63) is 22.8 Å². The summed E-state index contributed by atoms with van der Waals surface area (Å²) in [5.41, 5.74) is 5.52. The highest BCUT2D eigenvalue weighted by Gasteiger charge is 2.26. The molecule has 0 spiro atoms. The number of nitrogens with one attached hydrogen (secondary N) is 2. The second-order valence-electron chi connectivity index (χ2n) is 4.54. The molecular formula is C12H15ClN4O2. The fourth-order valence-electron chi connectivity index (χ4n) is 1.50. The molecule has 1 unspecified atom stereocenters. The van der Waals surface area contributed by atoms with Gasteiger partial charge in [0.05, 0.1) is 5.02 Å². The minimum atomic E-state index is -0.646. The molecule has 4 N–H and O–H groups in total. The molecule has 1 heterocycles. The Kier molecular flexibility index (Phi) is 3.90. The Hall–Kier alpha value is -1.82. The van der Waals surface area contributed by atoms with Gasteiger partial charge < -0.3 is 16.4 Å². The van der Waals surface area contributed by atoms with Gasteiger partial charge in [0.2, 0.25) is 5.91 Å². The molecule has 0 saturated heterocycles. The number of nitrogen functional groups attached to an aromatic ring is 1. The standard InChI is InChI=1S/C12H15ClN4O2/c1-6(11(18)16-7-2-3-7)15-12(19)10-8(13)4-5-9(14)17-10/h4-7H,2-3H2,1H3,(H2,14,17)(H,15,19)(H,16,18). The van der Waals surface area contributed by atoms with E-state index >= 15 is 0 Å². The van der Waals surface area contributed by atoms with Gasteiger partial charge in [-0.1, -0.05) is 11.6 Å². The third kappa shape index (κ3) is 3.57. The number of anilines is 1. The lowest BCUT2D eigenvalue weighted by Crippen LogP contribution is -2.45. The summed E-state index contributed by atoms with van der Waals surface area (Å²) in [4.78, 5) is 27.5. The highest BCUT2D eigenvalue weighted by atomic mass is 35.5. The molecule has 1 aromatic heterocycles. The number of hydrogen-bond acceptors (Lipinski definition) is 4. The number of hydrogen-bond donors (Lipinski definition) is 3. The lowest BCUT2D eigenvalue weighted by Gasteiger charge is -2.14. The zero-order valence-corrected chi connectivity index (χ0v) is 11.2. The van der Waals surface area contributed by atoms with E-state index in [0.717, 1.165) is 12.8 Å². The van der Waals surface area contributed by atoms with Crippen LogP contribution in [-0.2, 0) is 4.79 Å². The molecular weight excluding hydrogens is 268 g/mol. The van der Waals surface area contributed by atoms with Gasteiger partial charge in [-0.05, 0) is 31.9 Å². The third-order valence-corrected chi connectivity index (χ3v) is 3.05. The van der Waals surface area contributed by atoms with Crippen molar-refractivity contribution in [3.63, 3.8) is 0 Å². The van der Waals surface area contributed by atoms with Crippen LogP contribution in [0.4, 0.5) is 5.82 Å². The molecule has 6 nitrogen and oxygen atoms in total. The van der Waals surface area contributed by atoms with Crippen LogP contribution < -0.4 is 16.4 Å². The second-order valence-corrected chi connectivity index (χ2v) is 4.95. The third-order valence-electron chi connectivity index (χ3n) is 2.75. The molecule has 0 bridgehead atoms. The van der Waals surface area contributed by atoms with Crippen LogP contribution in [0.5, 0.6) is 0 Å². The Balaban J connectivity index is 1.99. The summed E-state index contributed by atoms with van der Waals surface area (Å²) in [6.07, 6.45) is 1.99. The predicted octanol–water partition coefficient (Wildman–Crippen LogP) is 0.714. The van der Waals surface area contributed by atoms with Crippen LogP contribution >= 0.6 is 11.6 Å². The van der Waals surface area contributed by atoms with Crippen molar-refractivity contribution in [3.8, 4) is 0 Å². The van der Waals surface area contributed by atoms with Crippen LogP contribution in [0.15, 0.2) is 12.1 Å². The Morgan fingerprint density at radius 2 is 2.16 bits per heavy atom. The number of halogens is 1. The molecule has 1 saturated carbocycles. The summed E-state index contributed by atoms with van der Waals surface area (Å²) >= 11 is 5.87. The molecule has 0 radical (unpaired) electrons. The van der Waals surface area contributed by atoms with Crippen molar-refractivity contribution in [2.24, 2.45) is 0 Å². The minimum Gasteiger partial charge on any atom is -0.384 e. The largest absolute Gasteiger partial charge is 0.384 e. The topological polar surface area (TPSA) is 97.1 Å². The van der Waals surface area contributed by atoms with E-state index in [1.165, 1.54) is 12.1 Å². The number of nitrogens with two attached hydrogens (primary N) is 1. The first-order valence-electron chi connectivity index (χ1n) is 6.00. The normalized spacial score (nSPS) is 15.7. The van der Waals surface area contributed by atoms with Gasteiger partial charge in [0, 0.05) is 6.04 Å². The monoisotopic (exact) mass is 282 g/mol. The Labute approximate surface area is 115 Å². The zero-order valence-electron chi connectivity index (χ0n) is 10.4. The first kappa shape index (κ1) is 13.6. The average Bonchev–Trinajstić information content (AvgIpc) is 3.15. The van der Waals surface area contributed by atoms with Crippen molar-refractivity contribution in [1.82, 2.24) is 15.6 Å². The summed E-state index contributed by atoms with van der Waals surface area (Å²) in [5, 5.41) is 5.54. The molecule has 2 rings (SSSR count). The van der Waals surface area contributed by atoms with Crippen LogP contribution in [-0.4, -0.2) is 28.9 Å². The van der Waals surface area contributed by atoms with Gasteiger partial charge >= 0.3 is 0 Å². The number of amides is 2. The first-order valence-corrected chi connectivity index (χ1v) is 6.38. The van der Waals surface area contributed by atoms with Crippen LogP contribution in [0.1, 0.15) is 30.3 Å². The van der Waals surface area contributed by atoms with E-state index in [9.17, 15) is 9.59 Å². The zero-order chi connectivity index (χ0) is 14.0. The van der Waals surface area contributed by atoms with Gasteiger partial charge in [0.25, 0.3) is 5.91 Å². The number of nitrogens with zero attached hydrogens (tertiary/aromatic N) is 1. The Morgan fingerprint density at radius 1 is 1.47 bits per heavy atom. The molecule has 2 amide bonds. The van der Waals surface area contributed by atoms with Gasteiger partial charge in [-0.15, -0.1) is 0 Å². The Bertz CT molecular complexity index is 516. The summed E-state index contributed by atoms with van der Waals surface area (Å²) in [6, 6.07) is 2.60. The quantitative estimate of drug-likeness (QED) is 0.758. The van der Waals surface area contributed by atoms with E-state index in [0.29, 0.717) is 0 Å². The van der Waals surface area contributed by atoms with Crippen molar-refractivity contribution in [2.75, 3.05) is 5.73 Å². The molecule has 1 aromatic rings. The van der Waals surface area contributed by atoms with Gasteiger partial charge in [-0.25, -0.2) is 4.98 Å². The van der Waals surface area contributed by atoms with E-state index < -0.39 is 11.9 Å². The highest BCUT2D eigenvalue weighted by molar-refractivity contribution is 6.33. The van der Waals surface area contributed by atoms with Crippen molar-refractivity contribution >= 4 is 29.2 Å². The first-order chi connectivity index (χ1) is 8.97. The van der Waals surface area contributed by atoms with E-state index in [1.807, 2.05) is 0 Å². The molecule has 1 aliphatic carbocycles. The summed E-state index contributed by atoms with van der Waals surface area (Å²) < 4.78 is 0. The maximum atomic E-state index is 11.9. The van der Waals surface area contributed by atoms with Gasteiger partial charge in [-0.3, -0.25) is 9.59 Å². The second kappa shape index (κ2) is 5.44. The van der Waals surface area contributed by atoms with Gasteiger partial charge in [0.1, 0.15) is 17.6 Å². The lowest BCUT2D eigenvalue weighted by atomic mass is 10.2. The summed E-state index contributed by atoms with van der Waals surface area (Å²) in [6.45, 7) is 1.61. The van der Waals surface area contributed by atoms with Gasteiger partial charge in [-0.2, -0.15) is 0 Å². The van der Waals surface area contributed by atoms with E-state index in [1.54, 1.807) is 6.92 Å². The molecule has 7 heteroatoms. The molecule has 1 fully saturated rings. The number of carbonyl (C=O) groups is 2. The van der Waals surface area contributed by atoms with Crippen LogP contribution in [0.3, 0.4) is 0 Å². The molecule has 0 aliphatic heterocycles. The fourth-order valence-corrected chi connectivity index (χ4v) is 1.69. The molecule has 1 aliphatic rings. The number of aromatic nitrogens is 1. The molecule has 102 valence electrons. The minimum absolute atomic E-state index is 0.0211. The predicted molar refractivity (Wildman–Crippen MR) is 71.8 cm³/mol. The summed E-state index contributed by atoms with van der Waals surface area (Å²) in [7, 11) is 0. The Morgan fingerprint density at radius 3 is 2.79 bits per heavy atom. The lowest BCUT2D eigenvalue weighted by molar-refractivity contribution is -0.122. The van der Waals surface area contributed by atoms with Crippen molar-refractivity contribution in [2.45, 2.75) is 31.8 Å². The van der Waals surface area contributed by atoms with E-state index in [-0.39, 0.29) is 28.5 Å².